The highest BCUT2D eigenvalue weighted by atomic mass is 35.5. The Morgan fingerprint density at radius 3 is 0.986 bits per heavy atom. The lowest BCUT2D eigenvalue weighted by atomic mass is 9.95. The molecule has 0 atom stereocenters. The van der Waals surface area contributed by atoms with Gasteiger partial charge < -0.3 is 22.2 Å². The minimum absolute atomic E-state index is 0. The number of allylic oxidation sites excluding steroid dienone is 4. The molecule has 0 N–H and O–H groups in total. The highest BCUT2D eigenvalue weighted by Crippen LogP contribution is 2.59. The van der Waals surface area contributed by atoms with Gasteiger partial charge in [-0.25, -0.2) is 0 Å². The molecule has 1 aliphatic carbocycles. The lowest BCUT2D eigenvalue weighted by molar-refractivity contribution is -0.0000133. The molecule has 0 bridgehead atoms. The lowest BCUT2D eigenvalue weighted by Gasteiger charge is -2.26. The molecule has 2 aromatic heterocycles. The molecule has 0 aliphatic heterocycles. The van der Waals surface area contributed by atoms with Gasteiger partial charge in [-0.15, -0.1) is 22.7 Å². The minimum atomic E-state index is 0. The topological polar surface area (TPSA) is 6.48 Å². The van der Waals surface area contributed by atoms with E-state index in [0.29, 0.717) is 0 Å². The fraction of sp³-hybridized carbons (Fsp3) is 0. The van der Waals surface area contributed by atoms with Crippen molar-refractivity contribution in [3.8, 4) is 22.3 Å². The van der Waals surface area contributed by atoms with Crippen LogP contribution in [-0.2, 0) is 0 Å². The maximum absolute atomic E-state index is 2.49. The first-order valence-corrected chi connectivity index (χ1v) is 26.4. The van der Waals surface area contributed by atoms with Crippen LogP contribution in [0.15, 0.2) is 279 Å². The second-order valence-electron chi connectivity index (χ2n) is 18.2. The van der Waals surface area contributed by atoms with Crippen molar-refractivity contribution in [2.24, 2.45) is 0 Å². The molecule has 2 heterocycles. The van der Waals surface area contributed by atoms with Crippen LogP contribution in [0.1, 0.15) is 20.9 Å². The Morgan fingerprint density at radius 2 is 0.608 bits per heavy atom. The number of rotatable bonds is 12. The van der Waals surface area contributed by atoms with E-state index in [0.717, 1.165) is 43.9 Å². The fourth-order valence-corrected chi connectivity index (χ4v) is 13.0. The number of para-hydroxylation sites is 2. The van der Waals surface area contributed by atoms with Crippen molar-refractivity contribution in [1.82, 2.24) is 0 Å². The number of halogens is 1. The standard InChI is InChI=1S/C69H47N2S2.ClH/c1-7-25-50(26-8-1)58-45-59(51-27-9-2-10-28-51)67(65-47-61(53-31-13-4-14-32-53)69(73-65)71(55-39-17-6-18-40-55)63-44-24-36-49-34-20-22-42-57(49)63)66(58)64-46-60(52-29-11-3-12-30-52)68(72-64)70(54-37-15-5-16-38-54)62-43-23-35-48-33-19-21-41-56(48)62;/h1-47H;1H/q+1;/p-1. The Kier molecular flexibility index (Phi) is 12.8. The third-order valence-corrected chi connectivity index (χ3v) is 16.1. The van der Waals surface area contributed by atoms with Crippen LogP contribution in [0.4, 0.5) is 32.8 Å². The van der Waals surface area contributed by atoms with E-state index in [1.807, 2.05) is 22.7 Å². The van der Waals surface area contributed by atoms with Crippen molar-refractivity contribution < 1.29 is 12.4 Å². The third-order valence-electron chi connectivity index (χ3n) is 13.8. The van der Waals surface area contributed by atoms with Crippen LogP contribution >= 0.6 is 22.7 Å². The number of thiophene rings is 2. The van der Waals surface area contributed by atoms with Gasteiger partial charge in [0.05, 0.1) is 32.3 Å². The highest BCUT2D eigenvalue weighted by Gasteiger charge is 2.40. The molecule has 0 spiro atoms. The van der Waals surface area contributed by atoms with Gasteiger partial charge in [-0.3, -0.25) is 0 Å². The summed E-state index contributed by atoms with van der Waals surface area (Å²) >= 11 is 3.74. The van der Waals surface area contributed by atoms with E-state index in [2.05, 4.69) is 295 Å². The van der Waals surface area contributed by atoms with Gasteiger partial charge in [-0.05, 0) is 94.7 Å². The third kappa shape index (κ3) is 8.59. The summed E-state index contributed by atoms with van der Waals surface area (Å²) in [5, 5.41) is 7.10. The quantitative estimate of drug-likeness (QED) is 0.113. The van der Waals surface area contributed by atoms with Gasteiger partial charge in [-0.1, -0.05) is 206 Å². The van der Waals surface area contributed by atoms with E-state index in [1.54, 1.807) is 0 Å². The summed E-state index contributed by atoms with van der Waals surface area (Å²) < 4.78 is 0. The molecule has 2 nitrogen and oxygen atoms in total. The van der Waals surface area contributed by atoms with Gasteiger partial charge in [0.15, 0.2) is 0 Å². The maximum atomic E-state index is 2.49. The van der Waals surface area contributed by atoms with E-state index in [9.17, 15) is 0 Å². The first kappa shape index (κ1) is 46.4. The molecular formula is C69H47ClN2S2. The Labute approximate surface area is 447 Å². The average molecular weight is 1000 g/mol. The molecule has 0 unspecified atom stereocenters. The first-order chi connectivity index (χ1) is 36.2. The Balaban J connectivity index is 0.00000556. The number of hydrogen-bond donors (Lipinski definition) is 0. The predicted octanol–water partition coefficient (Wildman–Crippen LogP) is 17.1. The Bertz CT molecular complexity index is 3710. The summed E-state index contributed by atoms with van der Waals surface area (Å²) in [7, 11) is 0. The van der Waals surface area contributed by atoms with Crippen LogP contribution < -0.4 is 22.2 Å². The second kappa shape index (κ2) is 20.5. The first-order valence-electron chi connectivity index (χ1n) is 24.7. The molecule has 10 aromatic carbocycles. The second-order valence-corrected chi connectivity index (χ2v) is 20.2. The van der Waals surface area contributed by atoms with Crippen LogP contribution in [0.5, 0.6) is 0 Å². The summed E-state index contributed by atoms with van der Waals surface area (Å²) in [4.78, 5) is 7.35. The van der Waals surface area contributed by atoms with E-state index < -0.39 is 0 Å². The molecule has 352 valence electrons. The van der Waals surface area contributed by atoms with Crippen LogP contribution in [-0.4, -0.2) is 0 Å². The molecule has 0 saturated carbocycles. The summed E-state index contributed by atoms with van der Waals surface area (Å²) in [5.74, 6) is 0. The summed E-state index contributed by atoms with van der Waals surface area (Å²) in [6, 6.07) is 101. The van der Waals surface area contributed by atoms with Crippen LogP contribution in [0.3, 0.4) is 0 Å². The van der Waals surface area contributed by atoms with Crippen LogP contribution in [0.25, 0.3) is 66.1 Å². The van der Waals surface area contributed by atoms with Gasteiger partial charge in [0.25, 0.3) is 0 Å². The number of nitrogens with zero attached hydrogens (tertiary/aromatic N) is 2. The van der Waals surface area contributed by atoms with E-state index in [4.69, 9.17) is 0 Å². The summed E-state index contributed by atoms with van der Waals surface area (Å²) in [6.07, 6.45) is 2.46. The fourth-order valence-electron chi connectivity index (χ4n) is 10.4. The normalized spacial score (nSPS) is 12.2. The lowest BCUT2D eigenvalue weighted by Crippen LogP contribution is -3.00. The van der Waals surface area contributed by atoms with Gasteiger partial charge in [0, 0.05) is 50.8 Å². The maximum Gasteiger partial charge on any atom is 0.109 e. The zero-order valence-electron chi connectivity index (χ0n) is 40.2. The molecule has 13 rings (SSSR count). The van der Waals surface area contributed by atoms with E-state index in [1.165, 1.54) is 75.8 Å². The van der Waals surface area contributed by atoms with Crippen molar-refractivity contribution in [3.05, 3.63) is 306 Å². The smallest absolute Gasteiger partial charge is 0.109 e. The molecule has 0 saturated heterocycles. The summed E-state index contributed by atoms with van der Waals surface area (Å²) in [5.41, 5.74) is 16.3. The van der Waals surface area contributed by atoms with Crippen molar-refractivity contribution in [1.29, 1.82) is 0 Å². The molecule has 1 aliphatic rings. The molecule has 0 amide bonds. The van der Waals surface area contributed by atoms with Gasteiger partial charge in [0.1, 0.15) is 21.1 Å². The van der Waals surface area contributed by atoms with Crippen molar-refractivity contribution in [2.75, 3.05) is 9.80 Å². The largest absolute Gasteiger partial charge is 1.00 e. The van der Waals surface area contributed by atoms with Crippen molar-refractivity contribution >= 4 is 99.3 Å². The number of anilines is 6. The van der Waals surface area contributed by atoms with E-state index in [-0.39, 0.29) is 12.4 Å². The number of benzene rings is 10. The van der Waals surface area contributed by atoms with Crippen molar-refractivity contribution in [2.45, 2.75) is 0 Å². The molecule has 0 fully saturated rings. The molecular weight excluding hydrogens is 956 g/mol. The zero-order valence-corrected chi connectivity index (χ0v) is 42.6. The van der Waals surface area contributed by atoms with E-state index >= 15 is 0 Å². The molecule has 74 heavy (non-hydrogen) atoms. The van der Waals surface area contributed by atoms with Gasteiger partial charge in [0.2, 0.25) is 0 Å². The SMILES string of the molecule is [Cl-].c1ccc(C2=C(c3cc(-c4ccccc4)c(N(c4ccccc4)c4cccc5ccccc45)s3)C(c3cc(-c4ccccc4)c(N(c4ccccc4)c4cccc5ccccc45)s3)=C(c3ccccc3)[CH+]2)cc1. The van der Waals surface area contributed by atoms with Gasteiger partial charge in [-0.2, -0.15) is 0 Å². The van der Waals surface area contributed by atoms with Crippen molar-refractivity contribution in [3.63, 3.8) is 0 Å². The van der Waals surface area contributed by atoms with Crippen LogP contribution in [0, 0.1) is 6.42 Å². The number of fused-ring (bicyclic) bond motifs is 2. The molecule has 5 heteroatoms. The molecule has 0 radical (unpaired) electrons. The van der Waals surface area contributed by atoms with Crippen LogP contribution in [0.2, 0.25) is 0 Å². The van der Waals surface area contributed by atoms with Gasteiger partial charge >= 0.3 is 0 Å². The monoisotopic (exact) mass is 1000 g/mol. The number of hydrogen-bond acceptors (Lipinski definition) is 4. The highest BCUT2D eigenvalue weighted by molar-refractivity contribution is 7.19. The average Bonchev–Trinajstić information content (AvgIpc) is 4.22. The Morgan fingerprint density at radius 1 is 0.297 bits per heavy atom. The Hall–Kier alpha value is -8.64. The molecule has 12 aromatic rings. The summed E-state index contributed by atoms with van der Waals surface area (Å²) in [6.45, 7) is 0. The predicted molar refractivity (Wildman–Crippen MR) is 315 cm³/mol. The zero-order chi connectivity index (χ0) is 48.5. The minimum Gasteiger partial charge on any atom is -1.00 e.